The average molecular weight is 154 g/mol. The lowest BCUT2D eigenvalue weighted by molar-refractivity contribution is 0.0626. The molecule has 0 amide bonds. The van der Waals surface area contributed by atoms with Crippen molar-refractivity contribution in [2.75, 3.05) is 0 Å². The molecule has 1 heteroatoms. The second-order valence-corrected chi connectivity index (χ2v) is 3.27. The quantitative estimate of drug-likeness (QED) is 0.619. The first kappa shape index (κ1) is 10.4. The van der Waals surface area contributed by atoms with E-state index in [9.17, 15) is 5.11 Å². The highest BCUT2D eigenvalue weighted by molar-refractivity contribution is 5.08. The minimum absolute atomic E-state index is 0.254. The second-order valence-electron chi connectivity index (χ2n) is 3.27. The number of hydrogen-bond acceptors (Lipinski definition) is 1. The average Bonchev–Trinajstić information content (AvgIpc) is 1.88. The molecule has 0 rings (SSSR count). The Labute approximate surface area is 69.4 Å². The number of hydrogen-bond donors (Lipinski definition) is 1. The first-order chi connectivity index (χ1) is 5.00. The third-order valence-electron chi connectivity index (χ3n) is 1.91. The van der Waals surface area contributed by atoms with Gasteiger partial charge < -0.3 is 5.11 Å². The predicted molar refractivity (Wildman–Crippen MR) is 49.4 cm³/mol. The van der Waals surface area contributed by atoms with Gasteiger partial charge in [-0.3, -0.25) is 0 Å². The molecular weight excluding hydrogens is 136 g/mol. The lowest BCUT2D eigenvalue weighted by atomic mass is 9.92. The number of allylic oxidation sites excluding steroid dienone is 3. The molecule has 64 valence electrons. The van der Waals surface area contributed by atoms with E-state index < -0.39 is 5.60 Å². The van der Waals surface area contributed by atoms with Crippen molar-refractivity contribution in [3.8, 4) is 0 Å². The molecule has 0 aromatic carbocycles. The summed E-state index contributed by atoms with van der Waals surface area (Å²) in [5.41, 5.74) is -0.681. The molecule has 0 aromatic rings. The fourth-order valence-electron chi connectivity index (χ4n) is 0.554. The molecule has 0 heterocycles. The molecule has 0 aliphatic carbocycles. The molecule has 0 aromatic heterocycles. The Morgan fingerprint density at radius 1 is 1.27 bits per heavy atom. The van der Waals surface area contributed by atoms with Crippen molar-refractivity contribution in [1.82, 2.24) is 0 Å². The van der Waals surface area contributed by atoms with E-state index in [4.69, 9.17) is 0 Å². The van der Waals surface area contributed by atoms with Crippen LogP contribution in [0.3, 0.4) is 0 Å². The summed E-state index contributed by atoms with van der Waals surface area (Å²) in [5, 5.41) is 9.70. The van der Waals surface area contributed by atoms with E-state index in [1.807, 2.05) is 52.0 Å². The standard InChI is InChI=1S/C10H18O/c1-5-6-7-8-10(4,11)9(2)3/h5-9,11H,1-4H3. The second kappa shape index (κ2) is 4.35. The van der Waals surface area contributed by atoms with Gasteiger partial charge in [-0.2, -0.15) is 0 Å². The predicted octanol–water partition coefficient (Wildman–Crippen LogP) is 2.53. The zero-order valence-corrected chi connectivity index (χ0v) is 7.83. The molecule has 11 heavy (non-hydrogen) atoms. The van der Waals surface area contributed by atoms with Crippen LogP contribution in [0.15, 0.2) is 24.3 Å². The first-order valence-corrected chi connectivity index (χ1v) is 4.03. The van der Waals surface area contributed by atoms with Crippen molar-refractivity contribution < 1.29 is 5.11 Å². The van der Waals surface area contributed by atoms with E-state index in [0.717, 1.165) is 0 Å². The summed E-state index contributed by atoms with van der Waals surface area (Å²) in [6.07, 6.45) is 7.54. The van der Waals surface area contributed by atoms with E-state index >= 15 is 0 Å². The summed E-state index contributed by atoms with van der Waals surface area (Å²) >= 11 is 0. The van der Waals surface area contributed by atoms with E-state index in [-0.39, 0.29) is 5.92 Å². The number of rotatable bonds is 3. The molecule has 0 radical (unpaired) electrons. The zero-order valence-electron chi connectivity index (χ0n) is 7.83. The molecule has 1 unspecified atom stereocenters. The van der Waals surface area contributed by atoms with Crippen LogP contribution in [0.2, 0.25) is 0 Å². The summed E-state index contributed by atoms with van der Waals surface area (Å²) in [6, 6.07) is 0. The minimum atomic E-state index is -0.681. The van der Waals surface area contributed by atoms with E-state index in [1.165, 1.54) is 0 Å². The molecule has 0 fully saturated rings. The van der Waals surface area contributed by atoms with Gasteiger partial charge in [-0.15, -0.1) is 0 Å². The van der Waals surface area contributed by atoms with Crippen molar-refractivity contribution in [2.45, 2.75) is 33.3 Å². The molecule has 1 nitrogen and oxygen atoms in total. The molecule has 0 bridgehead atoms. The van der Waals surface area contributed by atoms with Gasteiger partial charge in [0.25, 0.3) is 0 Å². The van der Waals surface area contributed by atoms with Crippen molar-refractivity contribution in [3.05, 3.63) is 24.3 Å². The smallest absolute Gasteiger partial charge is 0.0825 e. The van der Waals surface area contributed by atoms with Crippen LogP contribution in [-0.4, -0.2) is 10.7 Å². The van der Waals surface area contributed by atoms with Crippen LogP contribution in [0, 0.1) is 5.92 Å². The van der Waals surface area contributed by atoms with Gasteiger partial charge in [-0.05, 0) is 19.8 Å². The van der Waals surface area contributed by atoms with Crippen LogP contribution >= 0.6 is 0 Å². The third-order valence-corrected chi connectivity index (χ3v) is 1.91. The van der Waals surface area contributed by atoms with Crippen molar-refractivity contribution in [1.29, 1.82) is 0 Å². The van der Waals surface area contributed by atoms with Crippen molar-refractivity contribution in [3.63, 3.8) is 0 Å². The lowest BCUT2D eigenvalue weighted by Crippen LogP contribution is -2.27. The highest BCUT2D eigenvalue weighted by Gasteiger charge is 2.19. The Kier molecular flexibility index (Phi) is 4.12. The zero-order chi connectivity index (χ0) is 8.91. The van der Waals surface area contributed by atoms with Crippen LogP contribution in [0.5, 0.6) is 0 Å². The van der Waals surface area contributed by atoms with Gasteiger partial charge in [0, 0.05) is 0 Å². The van der Waals surface area contributed by atoms with Crippen LogP contribution < -0.4 is 0 Å². The van der Waals surface area contributed by atoms with Gasteiger partial charge in [0.05, 0.1) is 5.60 Å². The summed E-state index contributed by atoms with van der Waals surface area (Å²) in [5.74, 6) is 0.254. The van der Waals surface area contributed by atoms with Crippen LogP contribution in [-0.2, 0) is 0 Å². The maximum atomic E-state index is 9.70. The molecular formula is C10H18O. The van der Waals surface area contributed by atoms with Gasteiger partial charge in [0.15, 0.2) is 0 Å². The lowest BCUT2D eigenvalue weighted by Gasteiger charge is -2.23. The Morgan fingerprint density at radius 2 is 1.82 bits per heavy atom. The maximum absolute atomic E-state index is 9.70. The summed E-state index contributed by atoms with van der Waals surface area (Å²) in [7, 11) is 0. The van der Waals surface area contributed by atoms with E-state index in [0.29, 0.717) is 0 Å². The normalized spacial score (nSPS) is 18.4. The molecule has 0 saturated heterocycles. The summed E-state index contributed by atoms with van der Waals surface area (Å²) in [6.45, 7) is 7.77. The molecule has 0 saturated carbocycles. The fraction of sp³-hybridized carbons (Fsp3) is 0.600. The molecule has 0 aliphatic rings. The summed E-state index contributed by atoms with van der Waals surface area (Å²) < 4.78 is 0. The SMILES string of the molecule is CC=CC=CC(C)(O)C(C)C. The van der Waals surface area contributed by atoms with E-state index in [1.54, 1.807) is 0 Å². The highest BCUT2D eigenvalue weighted by Crippen LogP contribution is 2.17. The highest BCUT2D eigenvalue weighted by atomic mass is 16.3. The molecule has 0 spiro atoms. The Hall–Kier alpha value is -0.560. The molecule has 1 atom stereocenters. The third kappa shape index (κ3) is 3.99. The monoisotopic (exact) mass is 154 g/mol. The van der Waals surface area contributed by atoms with Gasteiger partial charge in [-0.25, -0.2) is 0 Å². The topological polar surface area (TPSA) is 20.2 Å². The van der Waals surface area contributed by atoms with Crippen LogP contribution in [0.1, 0.15) is 27.7 Å². The number of aliphatic hydroxyl groups is 1. The molecule has 1 N–H and O–H groups in total. The largest absolute Gasteiger partial charge is 0.386 e. The van der Waals surface area contributed by atoms with E-state index in [2.05, 4.69) is 0 Å². The summed E-state index contributed by atoms with van der Waals surface area (Å²) in [4.78, 5) is 0. The van der Waals surface area contributed by atoms with Crippen molar-refractivity contribution >= 4 is 0 Å². The Morgan fingerprint density at radius 3 is 2.18 bits per heavy atom. The van der Waals surface area contributed by atoms with Gasteiger partial charge in [0.1, 0.15) is 0 Å². The minimum Gasteiger partial charge on any atom is -0.386 e. The van der Waals surface area contributed by atoms with Gasteiger partial charge in [0.2, 0.25) is 0 Å². The van der Waals surface area contributed by atoms with Crippen LogP contribution in [0.4, 0.5) is 0 Å². The first-order valence-electron chi connectivity index (χ1n) is 4.03. The Balaban J connectivity index is 4.11. The van der Waals surface area contributed by atoms with Crippen LogP contribution in [0.25, 0.3) is 0 Å². The van der Waals surface area contributed by atoms with Gasteiger partial charge in [-0.1, -0.05) is 38.2 Å². The molecule has 0 aliphatic heterocycles. The Bertz CT molecular complexity index is 152. The van der Waals surface area contributed by atoms with Crippen molar-refractivity contribution in [2.24, 2.45) is 5.92 Å². The van der Waals surface area contributed by atoms with Gasteiger partial charge >= 0.3 is 0 Å². The maximum Gasteiger partial charge on any atom is 0.0825 e. The fourth-order valence-corrected chi connectivity index (χ4v) is 0.554.